The summed E-state index contributed by atoms with van der Waals surface area (Å²) in [6, 6.07) is 14.3. The largest absolute Gasteiger partial charge is 0.456 e. The molecule has 4 aromatic rings. The Hall–Kier alpha value is -2.17. The maximum absolute atomic E-state index is 13.5. The van der Waals surface area contributed by atoms with Gasteiger partial charge in [-0.05, 0) is 47.3 Å². The molecule has 21 heavy (non-hydrogen) atoms. The van der Waals surface area contributed by atoms with Crippen LogP contribution in [-0.4, -0.2) is 0 Å². The number of hydrogen-bond donors (Lipinski definition) is 1. The Kier molecular flexibility index (Phi) is 2.80. The maximum atomic E-state index is 13.5. The number of fused-ring (bicyclic) bond motifs is 3. The molecule has 4 rings (SSSR count). The minimum absolute atomic E-state index is 0.173. The van der Waals surface area contributed by atoms with Gasteiger partial charge in [-0.1, -0.05) is 12.1 Å². The lowest BCUT2D eigenvalue weighted by atomic mass is 10.0. The van der Waals surface area contributed by atoms with Gasteiger partial charge in [-0.15, -0.1) is 11.3 Å². The molecule has 0 spiro atoms. The molecule has 104 valence electrons. The summed E-state index contributed by atoms with van der Waals surface area (Å²) in [5.41, 5.74) is 8.73. The van der Waals surface area contributed by atoms with E-state index >= 15 is 0 Å². The smallest absolute Gasteiger partial charge is 0.135 e. The normalized spacial score (nSPS) is 13.0. The molecule has 2 heterocycles. The number of halogens is 1. The van der Waals surface area contributed by atoms with Gasteiger partial charge < -0.3 is 10.2 Å². The molecular weight excluding hydrogens is 285 g/mol. The number of thiophene rings is 1. The molecule has 1 unspecified atom stereocenters. The summed E-state index contributed by atoms with van der Waals surface area (Å²) in [4.78, 5) is 1.10. The minimum Gasteiger partial charge on any atom is -0.456 e. The Balaban J connectivity index is 1.92. The van der Waals surface area contributed by atoms with Gasteiger partial charge in [0.15, 0.2) is 0 Å². The molecule has 0 fully saturated rings. The van der Waals surface area contributed by atoms with Crippen molar-refractivity contribution in [1.82, 2.24) is 0 Å². The van der Waals surface area contributed by atoms with Crippen molar-refractivity contribution in [3.8, 4) is 0 Å². The molecule has 1 atom stereocenters. The highest BCUT2D eigenvalue weighted by Crippen LogP contribution is 2.32. The van der Waals surface area contributed by atoms with Crippen LogP contribution in [0.5, 0.6) is 0 Å². The van der Waals surface area contributed by atoms with Crippen LogP contribution in [0.2, 0.25) is 0 Å². The van der Waals surface area contributed by atoms with Crippen molar-refractivity contribution < 1.29 is 8.81 Å². The highest BCUT2D eigenvalue weighted by molar-refractivity contribution is 7.10. The maximum Gasteiger partial charge on any atom is 0.135 e. The summed E-state index contributed by atoms with van der Waals surface area (Å²) >= 11 is 1.63. The summed E-state index contributed by atoms with van der Waals surface area (Å²) < 4.78 is 19.2. The minimum atomic E-state index is -0.266. The van der Waals surface area contributed by atoms with E-state index in [0.717, 1.165) is 26.8 Å². The SMILES string of the molecule is NC(c1ccc2oc3ccc(F)cc3c2c1)c1cccs1. The summed E-state index contributed by atoms with van der Waals surface area (Å²) in [5, 5.41) is 3.69. The van der Waals surface area contributed by atoms with E-state index < -0.39 is 0 Å². The van der Waals surface area contributed by atoms with Crippen LogP contribution in [0, 0.1) is 5.82 Å². The molecule has 0 bridgehead atoms. The third kappa shape index (κ3) is 2.04. The second-order valence-corrected chi connectivity index (χ2v) is 5.97. The molecule has 0 aliphatic rings. The monoisotopic (exact) mass is 297 g/mol. The van der Waals surface area contributed by atoms with E-state index in [1.165, 1.54) is 12.1 Å². The zero-order valence-electron chi connectivity index (χ0n) is 11.0. The zero-order chi connectivity index (χ0) is 14.4. The quantitative estimate of drug-likeness (QED) is 0.575. The van der Waals surface area contributed by atoms with Crippen LogP contribution in [0.3, 0.4) is 0 Å². The number of benzene rings is 2. The Morgan fingerprint density at radius 1 is 1.00 bits per heavy atom. The average molecular weight is 297 g/mol. The third-order valence-electron chi connectivity index (χ3n) is 3.66. The van der Waals surface area contributed by atoms with Crippen molar-refractivity contribution in [3.05, 3.63) is 70.2 Å². The van der Waals surface area contributed by atoms with Crippen LogP contribution >= 0.6 is 11.3 Å². The Bertz CT molecular complexity index is 927. The predicted molar refractivity (Wildman–Crippen MR) is 84.0 cm³/mol. The van der Waals surface area contributed by atoms with E-state index in [9.17, 15) is 4.39 Å². The molecule has 0 amide bonds. The highest BCUT2D eigenvalue weighted by atomic mass is 32.1. The van der Waals surface area contributed by atoms with Gasteiger partial charge in [0.1, 0.15) is 17.0 Å². The Labute approximate surface area is 124 Å². The molecule has 2 nitrogen and oxygen atoms in total. The third-order valence-corrected chi connectivity index (χ3v) is 4.62. The molecular formula is C17H12FNOS. The second kappa shape index (κ2) is 4.69. The van der Waals surface area contributed by atoms with Crippen LogP contribution in [0.25, 0.3) is 21.9 Å². The van der Waals surface area contributed by atoms with Crippen LogP contribution in [-0.2, 0) is 0 Å². The summed E-state index contributed by atoms with van der Waals surface area (Å²) in [5.74, 6) is -0.266. The van der Waals surface area contributed by atoms with Crippen molar-refractivity contribution in [2.24, 2.45) is 5.73 Å². The summed E-state index contributed by atoms with van der Waals surface area (Å²) in [6.45, 7) is 0. The first kappa shape index (κ1) is 12.6. The Morgan fingerprint density at radius 2 is 1.76 bits per heavy atom. The number of furan rings is 1. The standard InChI is InChI=1S/C17H12FNOS/c18-11-4-6-15-13(9-11)12-8-10(3-5-14(12)20-15)17(19)16-2-1-7-21-16/h1-9,17H,19H2. The molecule has 0 aliphatic carbocycles. The molecule has 0 aliphatic heterocycles. The lowest BCUT2D eigenvalue weighted by Gasteiger charge is -2.09. The van der Waals surface area contributed by atoms with Crippen molar-refractivity contribution >= 4 is 33.3 Å². The van der Waals surface area contributed by atoms with E-state index in [1.807, 2.05) is 35.7 Å². The van der Waals surface area contributed by atoms with E-state index in [0.29, 0.717) is 5.58 Å². The first-order valence-corrected chi connectivity index (χ1v) is 7.51. The van der Waals surface area contributed by atoms with Gasteiger partial charge in [0.2, 0.25) is 0 Å². The highest BCUT2D eigenvalue weighted by Gasteiger charge is 2.13. The predicted octanol–water partition coefficient (Wildman–Crippen LogP) is 4.83. The van der Waals surface area contributed by atoms with Crippen LogP contribution in [0.1, 0.15) is 16.5 Å². The lowest BCUT2D eigenvalue weighted by molar-refractivity contribution is 0.626. The van der Waals surface area contributed by atoms with Gasteiger partial charge in [-0.3, -0.25) is 0 Å². The first-order chi connectivity index (χ1) is 10.2. The van der Waals surface area contributed by atoms with E-state index in [1.54, 1.807) is 17.4 Å². The molecule has 4 heteroatoms. The number of rotatable bonds is 2. The molecule has 2 N–H and O–H groups in total. The molecule has 0 radical (unpaired) electrons. The van der Waals surface area contributed by atoms with Crippen LogP contribution in [0.4, 0.5) is 4.39 Å². The molecule has 0 saturated heterocycles. The van der Waals surface area contributed by atoms with E-state index in [2.05, 4.69) is 0 Å². The van der Waals surface area contributed by atoms with Gasteiger partial charge in [-0.25, -0.2) is 4.39 Å². The van der Waals surface area contributed by atoms with Gasteiger partial charge in [0, 0.05) is 15.6 Å². The van der Waals surface area contributed by atoms with Crippen molar-refractivity contribution in [1.29, 1.82) is 0 Å². The van der Waals surface area contributed by atoms with Crippen molar-refractivity contribution in [2.75, 3.05) is 0 Å². The fourth-order valence-electron chi connectivity index (χ4n) is 2.59. The number of nitrogens with two attached hydrogens (primary N) is 1. The van der Waals surface area contributed by atoms with Crippen molar-refractivity contribution in [3.63, 3.8) is 0 Å². The number of hydrogen-bond acceptors (Lipinski definition) is 3. The van der Waals surface area contributed by atoms with E-state index in [4.69, 9.17) is 10.2 Å². The second-order valence-electron chi connectivity index (χ2n) is 4.99. The van der Waals surface area contributed by atoms with Gasteiger partial charge in [-0.2, -0.15) is 0 Å². The topological polar surface area (TPSA) is 39.2 Å². The molecule has 2 aromatic heterocycles. The summed E-state index contributed by atoms with van der Waals surface area (Å²) in [7, 11) is 0. The fraction of sp³-hybridized carbons (Fsp3) is 0.0588. The fourth-order valence-corrected chi connectivity index (χ4v) is 3.35. The molecule has 2 aromatic carbocycles. The first-order valence-electron chi connectivity index (χ1n) is 6.63. The van der Waals surface area contributed by atoms with Crippen molar-refractivity contribution in [2.45, 2.75) is 6.04 Å². The zero-order valence-corrected chi connectivity index (χ0v) is 11.9. The summed E-state index contributed by atoms with van der Waals surface area (Å²) in [6.07, 6.45) is 0. The average Bonchev–Trinajstić information content (AvgIpc) is 3.13. The lowest BCUT2D eigenvalue weighted by Crippen LogP contribution is -2.09. The van der Waals surface area contributed by atoms with Crippen LogP contribution in [0.15, 0.2) is 58.3 Å². The van der Waals surface area contributed by atoms with Gasteiger partial charge >= 0.3 is 0 Å². The Morgan fingerprint density at radius 3 is 2.52 bits per heavy atom. The van der Waals surface area contributed by atoms with Crippen LogP contribution < -0.4 is 5.73 Å². The van der Waals surface area contributed by atoms with E-state index in [-0.39, 0.29) is 11.9 Å². The molecule has 0 saturated carbocycles. The van der Waals surface area contributed by atoms with Gasteiger partial charge in [0.05, 0.1) is 6.04 Å². The van der Waals surface area contributed by atoms with Gasteiger partial charge in [0.25, 0.3) is 0 Å².